The lowest BCUT2D eigenvalue weighted by Gasteiger charge is -2.36. The van der Waals surface area contributed by atoms with Crippen molar-refractivity contribution in [1.29, 1.82) is 0 Å². The number of ether oxygens (including phenoxy) is 2. The Morgan fingerprint density at radius 3 is 2.62 bits per heavy atom. The number of anilines is 1. The van der Waals surface area contributed by atoms with E-state index < -0.39 is 0 Å². The van der Waals surface area contributed by atoms with Crippen LogP contribution in [0, 0.1) is 0 Å². The Balaban J connectivity index is 1.45. The number of hydrogen-bond donors (Lipinski definition) is 2. The van der Waals surface area contributed by atoms with Crippen molar-refractivity contribution in [2.75, 3.05) is 51.4 Å². The van der Waals surface area contributed by atoms with Crippen molar-refractivity contribution in [2.45, 2.75) is 37.6 Å². The minimum Gasteiger partial charge on any atom is -0.495 e. The van der Waals surface area contributed by atoms with E-state index in [1.165, 1.54) is 5.56 Å². The molecule has 0 bridgehead atoms. The molecule has 2 aromatic carbocycles. The Labute approximate surface area is 192 Å². The molecule has 2 aliphatic heterocycles. The summed E-state index contributed by atoms with van der Waals surface area (Å²) in [4.78, 5) is 7.47. The van der Waals surface area contributed by atoms with E-state index >= 15 is 0 Å². The second-order valence-corrected chi connectivity index (χ2v) is 8.70. The Bertz CT molecular complexity index is 880. The number of nitrogens with one attached hydrogen (secondary N) is 2. The van der Waals surface area contributed by atoms with Crippen LogP contribution in [0.1, 0.15) is 31.7 Å². The van der Waals surface area contributed by atoms with Crippen LogP contribution in [-0.2, 0) is 10.2 Å². The molecule has 2 aromatic rings. The maximum absolute atomic E-state index is 5.69. The number of methoxy groups -OCH3 is 1. The van der Waals surface area contributed by atoms with E-state index in [1.807, 2.05) is 12.1 Å². The zero-order valence-electron chi connectivity index (χ0n) is 19.3. The van der Waals surface area contributed by atoms with Gasteiger partial charge in [-0.15, -0.1) is 0 Å². The first-order chi connectivity index (χ1) is 15.7. The summed E-state index contributed by atoms with van der Waals surface area (Å²) >= 11 is 0. The van der Waals surface area contributed by atoms with Crippen LogP contribution in [0.25, 0.3) is 0 Å². The predicted octanol–water partition coefficient (Wildman–Crippen LogP) is 3.58. The first-order valence-corrected chi connectivity index (χ1v) is 11.8. The molecule has 0 spiro atoms. The molecule has 2 N–H and O–H groups in total. The van der Waals surface area contributed by atoms with Gasteiger partial charge in [-0.25, -0.2) is 0 Å². The van der Waals surface area contributed by atoms with E-state index in [9.17, 15) is 0 Å². The number of rotatable bonds is 7. The largest absolute Gasteiger partial charge is 0.495 e. The summed E-state index contributed by atoms with van der Waals surface area (Å²) in [5.41, 5.74) is 2.57. The quantitative estimate of drug-likeness (QED) is 0.513. The van der Waals surface area contributed by atoms with Crippen molar-refractivity contribution < 1.29 is 9.47 Å². The lowest BCUT2D eigenvalue weighted by molar-refractivity contribution is 0.0531. The molecule has 6 heteroatoms. The van der Waals surface area contributed by atoms with Crippen LogP contribution >= 0.6 is 0 Å². The molecule has 0 saturated carbocycles. The SMILES string of the molecule is CCNC(=NCC1(c2ccccc2)CCOCC1)NC1CCN(c2ccccc2OC)C1. The Morgan fingerprint density at radius 2 is 1.88 bits per heavy atom. The molecule has 0 amide bonds. The number of aliphatic imine (C=N–C) groups is 1. The Kier molecular flexibility index (Phi) is 7.53. The normalized spacial score (nSPS) is 20.8. The van der Waals surface area contributed by atoms with E-state index in [4.69, 9.17) is 14.5 Å². The van der Waals surface area contributed by atoms with Gasteiger partial charge in [0.1, 0.15) is 5.75 Å². The number of benzene rings is 2. The van der Waals surface area contributed by atoms with Gasteiger partial charge in [-0.2, -0.15) is 0 Å². The highest BCUT2D eigenvalue weighted by molar-refractivity contribution is 5.80. The first-order valence-electron chi connectivity index (χ1n) is 11.8. The summed E-state index contributed by atoms with van der Waals surface area (Å²) in [6.45, 7) is 7.25. The molecule has 172 valence electrons. The van der Waals surface area contributed by atoms with Crippen LogP contribution in [0.15, 0.2) is 59.6 Å². The van der Waals surface area contributed by atoms with Crippen molar-refractivity contribution in [3.63, 3.8) is 0 Å². The molecule has 6 nitrogen and oxygen atoms in total. The van der Waals surface area contributed by atoms with Crippen molar-refractivity contribution >= 4 is 11.6 Å². The molecule has 2 aliphatic rings. The highest BCUT2D eigenvalue weighted by Gasteiger charge is 2.34. The minimum absolute atomic E-state index is 0.0426. The maximum atomic E-state index is 5.69. The second-order valence-electron chi connectivity index (χ2n) is 8.70. The number of para-hydroxylation sites is 2. The van der Waals surface area contributed by atoms with Gasteiger partial charge >= 0.3 is 0 Å². The third kappa shape index (κ3) is 5.18. The van der Waals surface area contributed by atoms with Crippen molar-refractivity contribution in [3.8, 4) is 5.75 Å². The fraction of sp³-hybridized carbons (Fsp3) is 0.500. The Hall–Kier alpha value is -2.73. The third-order valence-corrected chi connectivity index (χ3v) is 6.68. The zero-order valence-corrected chi connectivity index (χ0v) is 19.3. The molecule has 32 heavy (non-hydrogen) atoms. The van der Waals surface area contributed by atoms with Gasteiger partial charge in [0.25, 0.3) is 0 Å². The van der Waals surface area contributed by atoms with Gasteiger partial charge in [-0.05, 0) is 43.9 Å². The lowest BCUT2D eigenvalue weighted by atomic mass is 9.74. The van der Waals surface area contributed by atoms with Crippen molar-refractivity contribution in [2.24, 2.45) is 4.99 Å². The topological polar surface area (TPSA) is 58.1 Å². The monoisotopic (exact) mass is 436 g/mol. The number of hydrogen-bond acceptors (Lipinski definition) is 4. The van der Waals surface area contributed by atoms with Crippen LogP contribution in [0.3, 0.4) is 0 Å². The summed E-state index contributed by atoms with van der Waals surface area (Å²) in [7, 11) is 1.74. The van der Waals surface area contributed by atoms with E-state index in [1.54, 1.807) is 7.11 Å². The van der Waals surface area contributed by atoms with Crippen LogP contribution in [0.5, 0.6) is 5.75 Å². The van der Waals surface area contributed by atoms with Crippen LogP contribution in [0.4, 0.5) is 5.69 Å². The molecule has 2 fully saturated rings. The van der Waals surface area contributed by atoms with Gasteiger partial charge in [0.05, 0.1) is 19.3 Å². The van der Waals surface area contributed by atoms with Gasteiger partial charge in [-0.1, -0.05) is 42.5 Å². The molecule has 1 atom stereocenters. The second kappa shape index (κ2) is 10.7. The summed E-state index contributed by atoms with van der Waals surface area (Å²) in [6.07, 6.45) is 3.08. The van der Waals surface area contributed by atoms with Crippen molar-refractivity contribution in [3.05, 3.63) is 60.2 Å². The van der Waals surface area contributed by atoms with Crippen molar-refractivity contribution in [1.82, 2.24) is 10.6 Å². The fourth-order valence-electron chi connectivity index (χ4n) is 4.82. The molecule has 2 saturated heterocycles. The third-order valence-electron chi connectivity index (χ3n) is 6.68. The van der Waals surface area contributed by atoms with Crippen LogP contribution in [0.2, 0.25) is 0 Å². The molecule has 0 aromatic heterocycles. The minimum atomic E-state index is 0.0426. The highest BCUT2D eigenvalue weighted by atomic mass is 16.5. The standard InChI is InChI=1S/C26H36N4O2/c1-3-27-25(28-20-26(14-17-32-18-15-26)21-9-5-4-6-10-21)29-22-13-16-30(19-22)23-11-7-8-12-24(23)31-2/h4-12,22H,3,13-20H2,1-2H3,(H2,27,28,29). The average Bonchev–Trinajstić information content (AvgIpc) is 3.32. The highest BCUT2D eigenvalue weighted by Crippen LogP contribution is 2.35. The van der Waals surface area contributed by atoms with Crippen LogP contribution < -0.4 is 20.3 Å². The summed E-state index contributed by atoms with van der Waals surface area (Å²) in [6, 6.07) is 19.4. The van der Waals surface area contributed by atoms with Gasteiger partial charge in [0.2, 0.25) is 0 Å². The average molecular weight is 437 g/mol. The zero-order chi connectivity index (χ0) is 22.2. The van der Waals surface area contributed by atoms with Gasteiger partial charge in [0.15, 0.2) is 5.96 Å². The van der Waals surface area contributed by atoms with Gasteiger partial charge in [-0.3, -0.25) is 4.99 Å². The molecular weight excluding hydrogens is 400 g/mol. The lowest BCUT2D eigenvalue weighted by Crippen LogP contribution is -2.46. The van der Waals surface area contributed by atoms with E-state index in [0.717, 1.165) is 76.1 Å². The number of nitrogens with zero attached hydrogens (tertiary/aromatic N) is 2. The predicted molar refractivity (Wildman–Crippen MR) is 131 cm³/mol. The number of guanidine groups is 1. The molecule has 0 aliphatic carbocycles. The summed E-state index contributed by atoms with van der Waals surface area (Å²) in [5.74, 6) is 1.83. The van der Waals surface area contributed by atoms with Gasteiger partial charge < -0.3 is 25.0 Å². The first kappa shape index (κ1) is 22.5. The Morgan fingerprint density at radius 1 is 1.12 bits per heavy atom. The van der Waals surface area contributed by atoms with E-state index in [-0.39, 0.29) is 5.41 Å². The molecular formula is C26H36N4O2. The summed E-state index contributed by atoms with van der Waals surface area (Å²) < 4.78 is 11.2. The van der Waals surface area contributed by atoms with Crippen LogP contribution in [-0.4, -0.2) is 58.5 Å². The molecule has 0 radical (unpaired) electrons. The molecule has 2 heterocycles. The smallest absolute Gasteiger partial charge is 0.191 e. The molecule has 4 rings (SSSR count). The van der Waals surface area contributed by atoms with Gasteiger partial charge in [0, 0.05) is 44.3 Å². The van der Waals surface area contributed by atoms with E-state index in [2.05, 4.69) is 64.9 Å². The summed E-state index contributed by atoms with van der Waals surface area (Å²) in [5, 5.41) is 7.15. The fourth-order valence-corrected chi connectivity index (χ4v) is 4.82. The molecule has 1 unspecified atom stereocenters. The van der Waals surface area contributed by atoms with E-state index in [0.29, 0.717) is 6.04 Å². The maximum Gasteiger partial charge on any atom is 0.191 e.